The number of halogens is 1. The van der Waals surface area contributed by atoms with Gasteiger partial charge in [0.05, 0.1) is 6.61 Å². The van der Waals surface area contributed by atoms with Crippen LogP contribution in [0, 0.1) is 11.8 Å². The van der Waals surface area contributed by atoms with Crippen molar-refractivity contribution >= 4 is 17.6 Å². The summed E-state index contributed by atoms with van der Waals surface area (Å²) in [4.78, 5) is 10.7. The molecule has 1 aromatic carbocycles. The Balaban J connectivity index is 2.28. The fourth-order valence-electron chi connectivity index (χ4n) is 2.13. The highest BCUT2D eigenvalue weighted by Crippen LogP contribution is 2.20. The zero-order chi connectivity index (χ0) is 15.0. The largest absolute Gasteiger partial charge is 0.494 e. The standard InChI is InChI=1S/C15H22ClNO3/c1-11(7-12(10-17)8-15(18)19)5-6-20-14-4-2-3-13(16)9-14/h2-4,9,11-12H,5-8,10,17H2,1H3,(H,18,19)/t11?,12-/m0/s1. The molecule has 0 saturated carbocycles. The maximum absolute atomic E-state index is 10.7. The molecule has 0 bridgehead atoms. The van der Waals surface area contributed by atoms with Crippen LogP contribution < -0.4 is 10.5 Å². The van der Waals surface area contributed by atoms with Crippen LogP contribution in [0.2, 0.25) is 5.02 Å². The van der Waals surface area contributed by atoms with Gasteiger partial charge in [0.2, 0.25) is 0 Å². The molecule has 0 heterocycles. The zero-order valence-electron chi connectivity index (χ0n) is 11.7. The summed E-state index contributed by atoms with van der Waals surface area (Å²) in [6, 6.07) is 7.29. The first kappa shape index (κ1) is 16.8. The van der Waals surface area contributed by atoms with Crippen LogP contribution in [0.5, 0.6) is 5.75 Å². The monoisotopic (exact) mass is 299 g/mol. The van der Waals surface area contributed by atoms with Gasteiger partial charge in [0, 0.05) is 11.4 Å². The van der Waals surface area contributed by atoms with Gasteiger partial charge in [-0.1, -0.05) is 24.6 Å². The van der Waals surface area contributed by atoms with Crippen LogP contribution in [0.1, 0.15) is 26.2 Å². The van der Waals surface area contributed by atoms with Crippen molar-refractivity contribution in [1.29, 1.82) is 0 Å². The molecular formula is C15H22ClNO3. The SMILES string of the molecule is CC(CCOc1cccc(Cl)c1)C[C@H](CN)CC(=O)O. The Hall–Kier alpha value is -1.26. The molecule has 2 atom stereocenters. The van der Waals surface area contributed by atoms with E-state index in [2.05, 4.69) is 6.92 Å². The van der Waals surface area contributed by atoms with Crippen molar-refractivity contribution in [3.05, 3.63) is 29.3 Å². The summed E-state index contributed by atoms with van der Waals surface area (Å²) in [5, 5.41) is 9.44. The van der Waals surface area contributed by atoms with E-state index in [-0.39, 0.29) is 12.3 Å². The van der Waals surface area contributed by atoms with E-state index in [4.69, 9.17) is 27.2 Å². The number of ether oxygens (including phenoxy) is 1. The molecule has 1 unspecified atom stereocenters. The van der Waals surface area contributed by atoms with Crippen LogP contribution in [-0.4, -0.2) is 24.2 Å². The number of benzene rings is 1. The van der Waals surface area contributed by atoms with Crippen LogP contribution in [-0.2, 0) is 4.79 Å². The number of carboxylic acid groups (broad SMARTS) is 1. The van der Waals surface area contributed by atoms with E-state index in [9.17, 15) is 4.79 Å². The van der Waals surface area contributed by atoms with Crippen LogP contribution >= 0.6 is 11.6 Å². The molecule has 1 aromatic rings. The number of hydrogen-bond acceptors (Lipinski definition) is 3. The molecule has 0 aliphatic heterocycles. The van der Waals surface area contributed by atoms with Crippen molar-refractivity contribution in [3.8, 4) is 5.75 Å². The lowest BCUT2D eigenvalue weighted by Crippen LogP contribution is -2.21. The maximum atomic E-state index is 10.7. The summed E-state index contributed by atoms with van der Waals surface area (Å²) in [5.74, 6) is 0.379. The summed E-state index contributed by atoms with van der Waals surface area (Å²) in [7, 11) is 0. The van der Waals surface area contributed by atoms with Gasteiger partial charge >= 0.3 is 5.97 Å². The second-order valence-electron chi connectivity index (χ2n) is 5.13. The van der Waals surface area contributed by atoms with Gasteiger partial charge in [-0.25, -0.2) is 0 Å². The van der Waals surface area contributed by atoms with Gasteiger partial charge in [-0.2, -0.15) is 0 Å². The van der Waals surface area contributed by atoms with E-state index in [1.807, 2.05) is 12.1 Å². The van der Waals surface area contributed by atoms with E-state index in [1.165, 1.54) is 0 Å². The molecule has 0 amide bonds. The summed E-state index contributed by atoms with van der Waals surface area (Å²) >= 11 is 5.87. The number of carboxylic acids is 1. The molecule has 0 spiro atoms. The predicted octanol–water partition coefficient (Wildman–Crippen LogP) is 3.18. The highest BCUT2D eigenvalue weighted by atomic mass is 35.5. The lowest BCUT2D eigenvalue weighted by atomic mass is 9.91. The van der Waals surface area contributed by atoms with E-state index in [0.717, 1.165) is 18.6 Å². The summed E-state index contributed by atoms with van der Waals surface area (Å²) in [6.45, 7) is 3.09. The van der Waals surface area contributed by atoms with Gasteiger partial charge in [0.1, 0.15) is 5.75 Å². The molecule has 3 N–H and O–H groups in total. The van der Waals surface area contributed by atoms with Gasteiger partial charge in [-0.3, -0.25) is 4.79 Å². The van der Waals surface area contributed by atoms with Crippen molar-refractivity contribution in [2.45, 2.75) is 26.2 Å². The minimum atomic E-state index is -0.789. The quantitative estimate of drug-likeness (QED) is 0.734. The molecule has 0 saturated heterocycles. The molecule has 112 valence electrons. The molecule has 0 aliphatic carbocycles. The van der Waals surface area contributed by atoms with Crippen LogP contribution in [0.25, 0.3) is 0 Å². The predicted molar refractivity (Wildman–Crippen MR) is 80.1 cm³/mol. The molecule has 4 nitrogen and oxygen atoms in total. The molecule has 0 fully saturated rings. The first-order valence-electron chi connectivity index (χ1n) is 6.81. The number of nitrogens with two attached hydrogens (primary N) is 1. The van der Waals surface area contributed by atoms with Crippen molar-refractivity contribution < 1.29 is 14.6 Å². The topological polar surface area (TPSA) is 72.5 Å². The van der Waals surface area contributed by atoms with Crippen molar-refractivity contribution in [3.63, 3.8) is 0 Å². The van der Waals surface area contributed by atoms with Crippen LogP contribution in [0.15, 0.2) is 24.3 Å². The third-order valence-corrected chi connectivity index (χ3v) is 3.44. The Kier molecular flexibility index (Phi) is 7.41. The third-order valence-electron chi connectivity index (χ3n) is 3.21. The van der Waals surface area contributed by atoms with E-state index in [0.29, 0.717) is 24.1 Å². The fraction of sp³-hybridized carbons (Fsp3) is 0.533. The van der Waals surface area contributed by atoms with E-state index in [1.54, 1.807) is 12.1 Å². The first-order valence-corrected chi connectivity index (χ1v) is 7.19. The number of aliphatic carboxylic acids is 1. The highest BCUT2D eigenvalue weighted by molar-refractivity contribution is 6.30. The second-order valence-corrected chi connectivity index (χ2v) is 5.57. The molecule has 0 aliphatic rings. The van der Waals surface area contributed by atoms with E-state index < -0.39 is 5.97 Å². The summed E-state index contributed by atoms with van der Waals surface area (Å²) < 4.78 is 5.62. The van der Waals surface area contributed by atoms with Crippen molar-refractivity contribution in [1.82, 2.24) is 0 Å². The Labute approximate surface area is 124 Å². The lowest BCUT2D eigenvalue weighted by molar-refractivity contribution is -0.138. The van der Waals surface area contributed by atoms with Gasteiger partial charge in [0.15, 0.2) is 0 Å². The first-order chi connectivity index (χ1) is 9.51. The van der Waals surface area contributed by atoms with Gasteiger partial charge in [-0.15, -0.1) is 0 Å². The van der Waals surface area contributed by atoms with Crippen molar-refractivity contribution in [2.24, 2.45) is 17.6 Å². The number of carbonyl (C=O) groups is 1. The zero-order valence-corrected chi connectivity index (χ0v) is 12.5. The number of hydrogen-bond donors (Lipinski definition) is 2. The maximum Gasteiger partial charge on any atom is 0.303 e. The second kappa shape index (κ2) is 8.82. The van der Waals surface area contributed by atoms with Gasteiger partial charge in [0.25, 0.3) is 0 Å². The normalized spacial score (nSPS) is 13.8. The molecule has 1 rings (SSSR count). The number of rotatable bonds is 9. The van der Waals surface area contributed by atoms with Crippen molar-refractivity contribution in [2.75, 3.05) is 13.2 Å². The Morgan fingerprint density at radius 1 is 1.50 bits per heavy atom. The Morgan fingerprint density at radius 2 is 2.25 bits per heavy atom. The highest BCUT2D eigenvalue weighted by Gasteiger charge is 2.15. The third kappa shape index (κ3) is 6.78. The Morgan fingerprint density at radius 3 is 2.85 bits per heavy atom. The summed E-state index contributed by atoms with van der Waals surface area (Å²) in [6.07, 6.45) is 1.81. The van der Waals surface area contributed by atoms with E-state index >= 15 is 0 Å². The molecule has 5 heteroatoms. The van der Waals surface area contributed by atoms with Gasteiger partial charge in [-0.05, 0) is 49.4 Å². The smallest absolute Gasteiger partial charge is 0.303 e. The summed E-state index contributed by atoms with van der Waals surface area (Å²) in [5.41, 5.74) is 5.60. The Bertz CT molecular complexity index is 425. The minimum absolute atomic E-state index is 0.0358. The molecule has 0 radical (unpaired) electrons. The molecular weight excluding hydrogens is 278 g/mol. The average molecular weight is 300 g/mol. The molecule has 0 aromatic heterocycles. The van der Waals surface area contributed by atoms with Crippen LogP contribution in [0.3, 0.4) is 0 Å². The fourth-order valence-corrected chi connectivity index (χ4v) is 2.31. The average Bonchev–Trinajstić information content (AvgIpc) is 2.37. The molecule has 20 heavy (non-hydrogen) atoms. The van der Waals surface area contributed by atoms with Gasteiger partial charge < -0.3 is 15.6 Å². The minimum Gasteiger partial charge on any atom is -0.494 e. The lowest BCUT2D eigenvalue weighted by Gasteiger charge is -2.18. The van der Waals surface area contributed by atoms with Crippen LogP contribution in [0.4, 0.5) is 0 Å².